The second kappa shape index (κ2) is 9.08. The van der Waals surface area contributed by atoms with Crippen molar-refractivity contribution < 1.29 is 9.53 Å². The minimum Gasteiger partial charge on any atom is -0.376 e. The van der Waals surface area contributed by atoms with Crippen LogP contribution in [0.1, 0.15) is 33.1 Å². The van der Waals surface area contributed by atoms with E-state index in [1.807, 2.05) is 13.8 Å². The number of halogens is 1. The molecule has 6 nitrogen and oxygen atoms in total. The van der Waals surface area contributed by atoms with E-state index in [1.54, 1.807) is 22.8 Å². The maximum atomic E-state index is 13.0. The van der Waals surface area contributed by atoms with Crippen molar-refractivity contribution >= 4 is 40.2 Å². The summed E-state index contributed by atoms with van der Waals surface area (Å²) in [4.78, 5) is 29.8. The summed E-state index contributed by atoms with van der Waals surface area (Å²) in [7, 11) is 0. The molecule has 0 unspecified atom stereocenters. The molecule has 0 saturated carbocycles. The summed E-state index contributed by atoms with van der Waals surface area (Å²) in [5.41, 5.74) is 0.415. The van der Waals surface area contributed by atoms with Crippen molar-refractivity contribution in [1.29, 1.82) is 0 Å². The van der Waals surface area contributed by atoms with Crippen LogP contribution >= 0.6 is 23.4 Å². The van der Waals surface area contributed by atoms with Crippen LogP contribution in [0.15, 0.2) is 28.2 Å². The zero-order valence-corrected chi connectivity index (χ0v) is 17.1. The van der Waals surface area contributed by atoms with Gasteiger partial charge in [0.15, 0.2) is 5.16 Å². The smallest absolute Gasteiger partial charge is 0.262 e. The van der Waals surface area contributed by atoms with E-state index in [-0.39, 0.29) is 29.4 Å². The summed E-state index contributed by atoms with van der Waals surface area (Å²) in [5, 5.41) is 4.49. The Balaban J connectivity index is 1.90. The fourth-order valence-electron chi connectivity index (χ4n) is 2.99. The molecular weight excluding hydrogens is 386 g/mol. The molecule has 3 rings (SSSR count). The van der Waals surface area contributed by atoms with Crippen LogP contribution < -0.4 is 10.9 Å². The van der Waals surface area contributed by atoms with E-state index in [0.717, 1.165) is 25.9 Å². The third kappa shape index (κ3) is 5.03. The van der Waals surface area contributed by atoms with E-state index in [9.17, 15) is 9.59 Å². The van der Waals surface area contributed by atoms with Gasteiger partial charge in [-0.2, -0.15) is 0 Å². The van der Waals surface area contributed by atoms with Crippen molar-refractivity contribution in [2.24, 2.45) is 0 Å². The highest BCUT2D eigenvalue weighted by Crippen LogP contribution is 2.22. The number of ether oxygens (including phenoxy) is 1. The Hall–Kier alpha value is -1.57. The lowest BCUT2D eigenvalue weighted by Gasteiger charge is -2.17. The molecule has 0 spiro atoms. The molecule has 146 valence electrons. The summed E-state index contributed by atoms with van der Waals surface area (Å²) in [5.74, 6) is 0.132. The summed E-state index contributed by atoms with van der Waals surface area (Å²) >= 11 is 7.33. The lowest BCUT2D eigenvalue weighted by molar-refractivity contribution is -0.119. The predicted molar refractivity (Wildman–Crippen MR) is 109 cm³/mol. The van der Waals surface area contributed by atoms with Crippen LogP contribution in [0.4, 0.5) is 0 Å². The highest BCUT2D eigenvalue weighted by molar-refractivity contribution is 7.99. The molecular formula is C19H24ClN3O3S. The van der Waals surface area contributed by atoms with Gasteiger partial charge >= 0.3 is 0 Å². The van der Waals surface area contributed by atoms with Crippen LogP contribution in [0.25, 0.3) is 10.9 Å². The van der Waals surface area contributed by atoms with Crippen molar-refractivity contribution in [2.45, 2.75) is 57.0 Å². The molecule has 0 aliphatic carbocycles. The molecule has 1 aromatic heterocycles. The third-order valence-electron chi connectivity index (χ3n) is 4.64. The highest BCUT2D eigenvalue weighted by atomic mass is 35.5. The normalized spacial score (nSPS) is 18.0. The molecule has 1 saturated heterocycles. The van der Waals surface area contributed by atoms with Crippen molar-refractivity contribution in [3.05, 3.63) is 33.6 Å². The van der Waals surface area contributed by atoms with Gasteiger partial charge in [0, 0.05) is 17.7 Å². The van der Waals surface area contributed by atoms with Gasteiger partial charge in [0.25, 0.3) is 5.56 Å². The van der Waals surface area contributed by atoms with Crippen LogP contribution in [0.5, 0.6) is 0 Å². The molecule has 0 bridgehead atoms. The second-order valence-electron chi connectivity index (χ2n) is 6.77. The number of rotatable bonds is 7. The van der Waals surface area contributed by atoms with Crippen LogP contribution in [0.3, 0.4) is 0 Å². The first-order valence-electron chi connectivity index (χ1n) is 9.21. The van der Waals surface area contributed by atoms with Gasteiger partial charge in [-0.25, -0.2) is 4.98 Å². The summed E-state index contributed by atoms with van der Waals surface area (Å²) < 4.78 is 7.33. The van der Waals surface area contributed by atoms with Gasteiger partial charge in [-0.15, -0.1) is 0 Å². The van der Waals surface area contributed by atoms with E-state index in [4.69, 9.17) is 16.3 Å². The molecule has 1 aliphatic rings. The Morgan fingerprint density at radius 1 is 1.52 bits per heavy atom. The molecule has 2 atom stereocenters. The molecule has 1 aromatic carbocycles. The van der Waals surface area contributed by atoms with Gasteiger partial charge in [-0.05, 0) is 44.4 Å². The van der Waals surface area contributed by atoms with Gasteiger partial charge in [0.05, 0.1) is 29.3 Å². The molecule has 27 heavy (non-hydrogen) atoms. The minimum atomic E-state index is -0.128. The Morgan fingerprint density at radius 2 is 2.33 bits per heavy atom. The maximum Gasteiger partial charge on any atom is 0.262 e. The number of carbonyl (C=O) groups is 1. The third-order valence-corrected chi connectivity index (χ3v) is 5.86. The standard InChI is InChI=1S/C19H24ClN3O3S/c1-3-12(2)21-17(24)11-27-19-22-16-9-13(20)6-7-15(16)18(25)23(19)10-14-5-4-8-26-14/h6-7,9,12,14H,3-5,8,10-11H2,1-2H3,(H,21,24)/t12-,14+/m1/s1. The Kier molecular flexibility index (Phi) is 6.78. The first-order chi connectivity index (χ1) is 13.0. The first-order valence-corrected chi connectivity index (χ1v) is 10.6. The fraction of sp³-hybridized carbons (Fsp3) is 0.526. The number of amides is 1. The van der Waals surface area contributed by atoms with Crippen molar-refractivity contribution in [3.8, 4) is 0 Å². The lowest BCUT2D eigenvalue weighted by Crippen LogP contribution is -2.34. The van der Waals surface area contributed by atoms with Crippen molar-refractivity contribution in [3.63, 3.8) is 0 Å². The molecule has 1 aliphatic heterocycles. The summed E-state index contributed by atoms with van der Waals surface area (Å²) in [6.07, 6.45) is 2.79. The van der Waals surface area contributed by atoms with Crippen LogP contribution in [0.2, 0.25) is 5.02 Å². The second-order valence-corrected chi connectivity index (χ2v) is 8.15. The van der Waals surface area contributed by atoms with Crippen LogP contribution in [-0.4, -0.2) is 40.0 Å². The van der Waals surface area contributed by atoms with E-state index in [0.29, 0.717) is 27.6 Å². The Bertz CT molecular complexity index is 880. The predicted octanol–water partition coefficient (Wildman–Crippen LogP) is 3.24. The van der Waals surface area contributed by atoms with Gasteiger partial charge < -0.3 is 10.1 Å². The van der Waals surface area contributed by atoms with Gasteiger partial charge in [-0.3, -0.25) is 14.2 Å². The lowest BCUT2D eigenvalue weighted by atomic mass is 10.2. The van der Waals surface area contributed by atoms with Gasteiger partial charge in [-0.1, -0.05) is 30.3 Å². The summed E-state index contributed by atoms with van der Waals surface area (Å²) in [6, 6.07) is 5.19. The molecule has 8 heteroatoms. The number of benzene rings is 1. The van der Waals surface area contributed by atoms with Gasteiger partial charge in [0.1, 0.15) is 0 Å². The monoisotopic (exact) mass is 409 g/mol. The quantitative estimate of drug-likeness (QED) is 0.561. The molecule has 1 fully saturated rings. The number of aromatic nitrogens is 2. The number of fused-ring (bicyclic) bond motifs is 1. The van der Waals surface area contributed by atoms with Crippen LogP contribution in [0, 0.1) is 0 Å². The van der Waals surface area contributed by atoms with Crippen molar-refractivity contribution in [1.82, 2.24) is 14.9 Å². The SMILES string of the molecule is CC[C@@H](C)NC(=O)CSc1nc2cc(Cl)ccc2c(=O)n1C[C@@H]1CCCO1. The number of nitrogens with one attached hydrogen (secondary N) is 1. The van der Waals surface area contributed by atoms with Gasteiger partial charge in [0.2, 0.25) is 5.91 Å². The number of nitrogens with zero attached hydrogens (tertiary/aromatic N) is 2. The molecule has 1 N–H and O–H groups in total. The highest BCUT2D eigenvalue weighted by Gasteiger charge is 2.21. The number of thioether (sulfide) groups is 1. The zero-order chi connectivity index (χ0) is 19.4. The maximum absolute atomic E-state index is 13.0. The van der Waals surface area contributed by atoms with Crippen LogP contribution in [-0.2, 0) is 16.1 Å². The average molecular weight is 410 g/mol. The summed E-state index contributed by atoms with van der Waals surface area (Å²) in [6.45, 7) is 5.15. The number of hydrogen-bond acceptors (Lipinski definition) is 5. The molecule has 2 aromatic rings. The van der Waals surface area contributed by atoms with Crippen molar-refractivity contribution in [2.75, 3.05) is 12.4 Å². The van der Waals surface area contributed by atoms with E-state index >= 15 is 0 Å². The topological polar surface area (TPSA) is 73.2 Å². The molecule has 0 radical (unpaired) electrons. The minimum absolute atomic E-state index is 0.00235. The average Bonchev–Trinajstić information content (AvgIpc) is 3.15. The first kappa shape index (κ1) is 20.2. The molecule has 2 heterocycles. The van der Waals surface area contributed by atoms with E-state index < -0.39 is 0 Å². The zero-order valence-electron chi connectivity index (χ0n) is 15.5. The Morgan fingerprint density at radius 3 is 3.04 bits per heavy atom. The van der Waals surface area contributed by atoms with E-state index in [1.165, 1.54) is 11.8 Å². The Labute approximate surface area is 167 Å². The number of hydrogen-bond donors (Lipinski definition) is 1. The molecule has 1 amide bonds. The number of carbonyl (C=O) groups excluding carboxylic acids is 1. The van der Waals surface area contributed by atoms with E-state index in [2.05, 4.69) is 10.3 Å². The largest absolute Gasteiger partial charge is 0.376 e. The fourth-order valence-corrected chi connectivity index (χ4v) is 3.97.